The van der Waals surface area contributed by atoms with Crippen molar-refractivity contribution in [2.24, 2.45) is 4.99 Å². The van der Waals surface area contributed by atoms with Crippen LogP contribution in [0, 0.1) is 0 Å². The van der Waals surface area contributed by atoms with E-state index in [1.54, 1.807) is 25.2 Å². The average Bonchev–Trinajstić information content (AvgIpc) is 3.08. The zero-order chi connectivity index (χ0) is 21.8. The minimum atomic E-state index is -0.0985. The van der Waals surface area contributed by atoms with Gasteiger partial charge >= 0.3 is 0 Å². The van der Waals surface area contributed by atoms with Gasteiger partial charge in [0.25, 0.3) is 5.91 Å². The highest BCUT2D eigenvalue weighted by Gasteiger charge is 2.32. The molecule has 4 rings (SSSR count). The van der Waals surface area contributed by atoms with Crippen molar-refractivity contribution in [1.82, 2.24) is 4.90 Å². The van der Waals surface area contributed by atoms with E-state index >= 15 is 0 Å². The molecule has 0 aliphatic carbocycles. The Hall–Kier alpha value is -3.51. The van der Waals surface area contributed by atoms with Crippen LogP contribution in [-0.4, -0.2) is 36.7 Å². The van der Waals surface area contributed by atoms with Crippen molar-refractivity contribution < 1.29 is 14.3 Å². The number of ether oxygens (including phenoxy) is 2. The third kappa shape index (κ3) is 4.20. The number of thioether (sulfide) groups is 1. The summed E-state index contributed by atoms with van der Waals surface area (Å²) in [6.07, 6.45) is 3.55. The monoisotopic (exact) mass is 430 g/mol. The zero-order valence-corrected chi connectivity index (χ0v) is 18.2. The number of hydrogen-bond acceptors (Lipinski definition) is 5. The van der Waals surface area contributed by atoms with Crippen LogP contribution in [-0.2, 0) is 4.79 Å². The molecular formula is C25H22N2O3S. The maximum atomic E-state index is 13.1. The molecule has 1 saturated heterocycles. The summed E-state index contributed by atoms with van der Waals surface area (Å²) in [7, 11) is 3.18. The van der Waals surface area contributed by atoms with Gasteiger partial charge in [-0.1, -0.05) is 48.5 Å². The molecule has 3 aromatic rings. The van der Waals surface area contributed by atoms with Gasteiger partial charge in [-0.2, -0.15) is 0 Å². The molecule has 1 aliphatic heterocycles. The van der Waals surface area contributed by atoms with Gasteiger partial charge in [0.1, 0.15) is 0 Å². The second-order valence-corrected chi connectivity index (χ2v) is 7.83. The standard InChI is InChI=1S/C25H22N2O3S/c1-4-14-27-24(28)23(16-17-12-13-21(29-2)22(15-17)30-3)31-25(27)26-20-11-7-9-18-8-5-6-10-19(18)20/h4-13,15-16H,1,14H2,2-3H3. The number of carbonyl (C=O) groups is 1. The fraction of sp³-hybridized carbons (Fsp3) is 0.120. The summed E-state index contributed by atoms with van der Waals surface area (Å²) in [4.78, 5) is 20.2. The van der Waals surface area contributed by atoms with E-state index in [1.807, 2.05) is 54.6 Å². The number of nitrogens with zero attached hydrogens (tertiary/aromatic N) is 2. The molecule has 6 heteroatoms. The number of methoxy groups -OCH3 is 2. The van der Waals surface area contributed by atoms with E-state index < -0.39 is 0 Å². The molecule has 0 bridgehead atoms. The van der Waals surface area contributed by atoms with Gasteiger partial charge in [-0.05, 0) is 47.0 Å². The predicted molar refractivity (Wildman–Crippen MR) is 128 cm³/mol. The quantitative estimate of drug-likeness (QED) is 0.375. The number of benzene rings is 3. The largest absolute Gasteiger partial charge is 0.493 e. The van der Waals surface area contributed by atoms with E-state index in [0.29, 0.717) is 28.1 Å². The summed E-state index contributed by atoms with van der Waals surface area (Å²) in [6.45, 7) is 4.18. The molecular weight excluding hydrogens is 408 g/mol. The van der Waals surface area contributed by atoms with Crippen molar-refractivity contribution in [3.63, 3.8) is 0 Å². The molecule has 0 saturated carbocycles. The molecule has 0 spiro atoms. The SMILES string of the molecule is C=CCN1C(=O)C(=Cc2ccc(OC)c(OC)c2)SC1=Nc1cccc2ccccc12. The molecule has 5 nitrogen and oxygen atoms in total. The van der Waals surface area contributed by atoms with Gasteiger partial charge in [0.15, 0.2) is 16.7 Å². The molecule has 0 radical (unpaired) electrons. The number of amides is 1. The van der Waals surface area contributed by atoms with E-state index in [0.717, 1.165) is 22.0 Å². The highest BCUT2D eigenvalue weighted by molar-refractivity contribution is 8.18. The molecule has 156 valence electrons. The molecule has 1 aliphatic rings. The summed E-state index contributed by atoms with van der Waals surface area (Å²) in [5.41, 5.74) is 1.67. The first-order valence-corrected chi connectivity index (χ1v) is 10.6. The van der Waals surface area contributed by atoms with E-state index in [4.69, 9.17) is 14.5 Å². The summed E-state index contributed by atoms with van der Waals surface area (Å²) < 4.78 is 10.7. The topological polar surface area (TPSA) is 51.1 Å². The second kappa shape index (κ2) is 9.10. The summed E-state index contributed by atoms with van der Waals surface area (Å²) in [5, 5.41) is 2.78. The lowest BCUT2D eigenvalue weighted by Crippen LogP contribution is -2.29. The van der Waals surface area contributed by atoms with Gasteiger partial charge in [-0.25, -0.2) is 4.99 Å². The Bertz CT molecular complexity index is 1210. The Balaban J connectivity index is 1.73. The summed E-state index contributed by atoms with van der Waals surface area (Å²) >= 11 is 1.36. The lowest BCUT2D eigenvalue weighted by Gasteiger charge is -2.13. The van der Waals surface area contributed by atoms with Gasteiger partial charge in [-0.3, -0.25) is 9.69 Å². The third-order valence-corrected chi connectivity index (χ3v) is 5.89. The van der Waals surface area contributed by atoms with Crippen LogP contribution in [0.3, 0.4) is 0 Å². The first-order valence-electron chi connectivity index (χ1n) is 9.75. The first kappa shape index (κ1) is 20.8. The number of rotatable bonds is 6. The fourth-order valence-corrected chi connectivity index (χ4v) is 4.39. The summed E-state index contributed by atoms with van der Waals surface area (Å²) in [5.74, 6) is 1.15. The van der Waals surface area contributed by atoms with Crippen LogP contribution in [0.4, 0.5) is 5.69 Å². The Kier molecular flexibility index (Phi) is 6.09. The molecule has 0 unspecified atom stereocenters. The van der Waals surface area contributed by atoms with E-state index in [-0.39, 0.29) is 5.91 Å². The Morgan fingerprint density at radius 2 is 1.81 bits per heavy atom. The van der Waals surface area contributed by atoms with Gasteiger partial charge in [0.2, 0.25) is 0 Å². The van der Waals surface area contributed by atoms with Crippen molar-refractivity contribution in [1.29, 1.82) is 0 Å². The molecule has 0 atom stereocenters. The van der Waals surface area contributed by atoms with Crippen molar-refractivity contribution in [3.8, 4) is 11.5 Å². The molecule has 0 aromatic heterocycles. The van der Waals surface area contributed by atoms with E-state index in [9.17, 15) is 4.79 Å². The third-order valence-electron chi connectivity index (χ3n) is 4.89. The van der Waals surface area contributed by atoms with Gasteiger partial charge < -0.3 is 9.47 Å². The van der Waals surface area contributed by atoms with Crippen LogP contribution in [0.2, 0.25) is 0 Å². The lowest BCUT2D eigenvalue weighted by molar-refractivity contribution is -0.121. The van der Waals surface area contributed by atoms with E-state index in [2.05, 4.69) is 18.7 Å². The predicted octanol–water partition coefficient (Wildman–Crippen LogP) is 5.65. The maximum absolute atomic E-state index is 13.1. The molecule has 1 fully saturated rings. The number of aliphatic imine (C=N–C) groups is 1. The normalized spacial score (nSPS) is 16.3. The fourth-order valence-electron chi connectivity index (χ4n) is 3.38. The van der Waals surface area contributed by atoms with E-state index in [1.165, 1.54) is 11.8 Å². The molecule has 31 heavy (non-hydrogen) atoms. The summed E-state index contributed by atoms with van der Waals surface area (Å²) in [6, 6.07) is 19.6. The number of fused-ring (bicyclic) bond motifs is 1. The highest BCUT2D eigenvalue weighted by Crippen LogP contribution is 2.37. The minimum absolute atomic E-state index is 0.0985. The van der Waals surface area contributed by atoms with Crippen molar-refractivity contribution in [2.45, 2.75) is 0 Å². The lowest BCUT2D eigenvalue weighted by atomic mass is 10.1. The molecule has 1 heterocycles. The smallest absolute Gasteiger partial charge is 0.267 e. The Labute approximate surface area is 185 Å². The zero-order valence-electron chi connectivity index (χ0n) is 17.4. The van der Waals surface area contributed by atoms with Crippen LogP contribution in [0.1, 0.15) is 5.56 Å². The number of hydrogen-bond donors (Lipinski definition) is 0. The first-order chi connectivity index (χ1) is 15.1. The van der Waals surface area contributed by atoms with Gasteiger partial charge in [0.05, 0.1) is 24.8 Å². The van der Waals surface area contributed by atoms with Crippen LogP contribution in [0.5, 0.6) is 11.5 Å². The van der Waals surface area contributed by atoms with Crippen LogP contribution in [0.25, 0.3) is 16.8 Å². The number of amidine groups is 1. The van der Waals surface area contributed by atoms with Crippen LogP contribution < -0.4 is 9.47 Å². The van der Waals surface area contributed by atoms with Gasteiger partial charge in [-0.15, -0.1) is 6.58 Å². The molecule has 1 amide bonds. The van der Waals surface area contributed by atoms with Crippen molar-refractivity contribution >= 4 is 45.4 Å². The van der Waals surface area contributed by atoms with Crippen molar-refractivity contribution in [2.75, 3.05) is 20.8 Å². The average molecular weight is 431 g/mol. The second-order valence-electron chi connectivity index (χ2n) is 6.82. The highest BCUT2D eigenvalue weighted by atomic mass is 32.2. The minimum Gasteiger partial charge on any atom is -0.493 e. The number of carbonyl (C=O) groups excluding carboxylic acids is 1. The Morgan fingerprint density at radius 3 is 2.58 bits per heavy atom. The van der Waals surface area contributed by atoms with Crippen LogP contribution >= 0.6 is 11.8 Å². The Morgan fingerprint density at radius 1 is 1.03 bits per heavy atom. The molecule has 3 aromatic carbocycles. The van der Waals surface area contributed by atoms with Gasteiger partial charge in [0, 0.05) is 11.9 Å². The maximum Gasteiger partial charge on any atom is 0.267 e. The molecule has 0 N–H and O–H groups in total. The van der Waals surface area contributed by atoms with Crippen molar-refractivity contribution in [3.05, 3.63) is 83.8 Å². The van der Waals surface area contributed by atoms with Crippen LogP contribution in [0.15, 0.2) is 83.2 Å².